The number of rotatable bonds is 7. The number of hydrogen-bond acceptors (Lipinski definition) is 3. The molecule has 0 radical (unpaired) electrons. The fraction of sp³-hybridized carbons (Fsp3) is 0.467. The Labute approximate surface area is 118 Å². The normalized spacial score (nSPS) is 13.8. The van der Waals surface area contributed by atoms with Crippen molar-refractivity contribution in [2.45, 2.75) is 38.3 Å². The Morgan fingerprint density at radius 2 is 2.25 bits per heavy atom. The summed E-state index contributed by atoms with van der Waals surface area (Å²) in [5.74, 6) is -0.248. The minimum atomic E-state index is -0.343. The molecule has 0 aliphatic heterocycles. The molecule has 1 aliphatic rings. The molecule has 0 atom stereocenters. The van der Waals surface area contributed by atoms with Gasteiger partial charge in [0.1, 0.15) is 5.82 Å². The van der Waals surface area contributed by atoms with Gasteiger partial charge in [-0.2, -0.15) is 5.26 Å². The molecule has 1 saturated carbocycles. The van der Waals surface area contributed by atoms with Crippen molar-refractivity contribution < 1.29 is 9.18 Å². The van der Waals surface area contributed by atoms with E-state index in [4.69, 9.17) is 5.26 Å². The molecule has 0 spiro atoms. The summed E-state index contributed by atoms with van der Waals surface area (Å²) >= 11 is 0. The number of hydrogen-bond donors (Lipinski definition) is 2. The van der Waals surface area contributed by atoms with Crippen LogP contribution in [0, 0.1) is 17.1 Å². The summed E-state index contributed by atoms with van der Waals surface area (Å²) in [6, 6.07) is 6.57. The summed E-state index contributed by atoms with van der Waals surface area (Å²) in [5.41, 5.74) is 1.13. The highest BCUT2D eigenvalue weighted by Crippen LogP contribution is 2.18. The Morgan fingerprint density at radius 3 is 2.95 bits per heavy atom. The minimum Gasteiger partial charge on any atom is -0.353 e. The maximum absolute atomic E-state index is 13.1. The van der Waals surface area contributed by atoms with Crippen LogP contribution in [-0.4, -0.2) is 18.5 Å². The molecule has 0 heterocycles. The van der Waals surface area contributed by atoms with Gasteiger partial charge in [0, 0.05) is 19.0 Å². The van der Waals surface area contributed by atoms with Gasteiger partial charge in [-0.1, -0.05) is 0 Å². The fourth-order valence-corrected chi connectivity index (χ4v) is 1.94. The SMILES string of the molecule is N#Cc1ccc(F)cc1CNCCCC(=O)NC1CC1. The maximum atomic E-state index is 13.1. The molecule has 0 saturated heterocycles. The standard InChI is InChI=1S/C15H18FN3O/c16-13-4-3-11(9-17)12(8-13)10-18-7-1-2-15(20)19-14-5-6-14/h3-4,8,14,18H,1-2,5-7,10H2,(H,19,20). The summed E-state index contributed by atoms with van der Waals surface area (Å²) in [7, 11) is 0. The largest absolute Gasteiger partial charge is 0.353 e. The Bertz CT molecular complexity index is 520. The molecular formula is C15H18FN3O. The van der Waals surface area contributed by atoms with Crippen molar-refractivity contribution in [2.24, 2.45) is 0 Å². The zero-order valence-corrected chi connectivity index (χ0v) is 11.3. The third-order valence-corrected chi connectivity index (χ3v) is 3.20. The number of nitrogens with zero attached hydrogens (tertiary/aromatic N) is 1. The summed E-state index contributed by atoms with van der Waals surface area (Å²) in [6.45, 7) is 1.10. The first-order valence-corrected chi connectivity index (χ1v) is 6.87. The Kier molecular flexibility index (Phi) is 5.08. The van der Waals surface area contributed by atoms with Gasteiger partial charge >= 0.3 is 0 Å². The Morgan fingerprint density at radius 1 is 1.45 bits per heavy atom. The third-order valence-electron chi connectivity index (χ3n) is 3.20. The number of amides is 1. The molecule has 1 fully saturated rings. The third kappa shape index (κ3) is 4.63. The van der Waals surface area contributed by atoms with Gasteiger partial charge in [0.15, 0.2) is 0 Å². The van der Waals surface area contributed by atoms with Crippen LogP contribution in [0.15, 0.2) is 18.2 Å². The van der Waals surface area contributed by atoms with Crippen molar-refractivity contribution in [2.75, 3.05) is 6.54 Å². The van der Waals surface area contributed by atoms with Crippen molar-refractivity contribution >= 4 is 5.91 Å². The van der Waals surface area contributed by atoms with E-state index in [-0.39, 0.29) is 11.7 Å². The summed E-state index contributed by atoms with van der Waals surface area (Å²) in [4.78, 5) is 11.4. The van der Waals surface area contributed by atoms with E-state index in [0.29, 0.717) is 36.7 Å². The lowest BCUT2D eigenvalue weighted by Gasteiger charge is -2.07. The number of benzene rings is 1. The molecule has 106 valence electrons. The lowest BCUT2D eigenvalue weighted by Crippen LogP contribution is -2.26. The highest BCUT2D eigenvalue weighted by molar-refractivity contribution is 5.76. The quantitative estimate of drug-likeness (QED) is 0.746. The minimum absolute atomic E-state index is 0.0952. The second-order valence-corrected chi connectivity index (χ2v) is 5.04. The summed E-state index contributed by atoms with van der Waals surface area (Å²) in [6.07, 6.45) is 3.43. The fourth-order valence-electron chi connectivity index (χ4n) is 1.94. The molecule has 2 rings (SSSR count). The average molecular weight is 275 g/mol. The first kappa shape index (κ1) is 14.5. The van der Waals surface area contributed by atoms with E-state index in [1.165, 1.54) is 18.2 Å². The molecule has 1 amide bonds. The number of nitriles is 1. The average Bonchev–Trinajstić information content (AvgIpc) is 3.22. The van der Waals surface area contributed by atoms with Crippen LogP contribution in [0.2, 0.25) is 0 Å². The second-order valence-electron chi connectivity index (χ2n) is 5.04. The monoisotopic (exact) mass is 275 g/mol. The molecule has 1 aromatic carbocycles. The lowest BCUT2D eigenvalue weighted by molar-refractivity contribution is -0.121. The van der Waals surface area contributed by atoms with Gasteiger partial charge in [0.05, 0.1) is 11.6 Å². The summed E-state index contributed by atoms with van der Waals surface area (Å²) in [5, 5.41) is 15.0. The van der Waals surface area contributed by atoms with Crippen molar-refractivity contribution in [1.29, 1.82) is 5.26 Å². The molecule has 0 unspecified atom stereocenters. The molecule has 0 bridgehead atoms. The highest BCUT2D eigenvalue weighted by Gasteiger charge is 2.22. The van der Waals surface area contributed by atoms with E-state index in [1.54, 1.807) is 0 Å². The van der Waals surface area contributed by atoms with Crippen molar-refractivity contribution in [3.05, 3.63) is 35.1 Å². The van der Waals surface area contributed by atoms with Gasteiger partial charge in [0.2, 0.25) is 5.91 Å². The van der Waals surface area contributed by atoms with Crippen LogP contribution in [0.25, 0.3) is 0 Å². The maximum Gasteiger partial charge on any atom is 0.220 e. The molecular weight excluding hydrogens is 257 g/mol. The van der Waals surface area contributed by atoms with Gasteiger partial charge < -0.3 is 10.6 Å². The van der Waals surface area contributed by atoms with Crippen molar-refractivity contribution in [1.82, 2.24) is 10.6 Å². The van der Waals surface area contributed by atoms with Crippen LogP contribution in [0.5, 0.6) is 0 Å². The van der Waals surface area contributed by atoms with Crippen LogP contribution in [-0.2, 0) is 11.3 Å². The molecule has 1 aromatic rings. The van der Waals surface area contributed by atoms with Crippen LogP contribution in [0.1, 0.15) is 36.8 Å². The van der Waals surface area contributed by atoms with Crippen molar-refractivity contribution in [3.63, 3.8) is 0 Å². The summed E-state index contributed by atoms with van der Waals surface area (Å²) < 4.78 is 13.1. The van der Waals surface area contributed by atoms with E-state index in [9.17, 15) is 9.18 Å². The number of carbonyl (C=O) groups excluding carboxylic acids is 1. The predicted molar refractivity (Wildman–Crippen MR) is 73.2 cm³/mol. The van der Waals surface area contributed by atoms with Gasteiger partial charge in [-0.25, -0.2) is 4.39 Å². The molecule has 1 aliphatic carbocycles. The zero-order chi connectivity index (χ0) is 14.4. The molecule has 2 N–H and O–H groups in total. The van der Waals surface area contributed by atoms with E-state index in [1.807, 2.05) is 6.07 Å². The first-order chi connectivity index (χ1) is 9.69. The van der Waals surface area contributed by atoms with Gasteiger partial charge in [-0.05, 0) is 49.6 Å². The van der Waals surface area contributed by atoms with E-state index in [0.717, 1.165) is 19.3 Å². The molecule has 20 heavy (non-hydrogen) atoms. The van der Waals surface area contributed by atoms with Gasteiger partial charge in [-0.3, -0.25) is 4.79 Å². The number of carbonyl (C=O) groups is 1. The smallest absolute Gasteiger partial charge is 0.220 e. The number of nitrogens with one attached hydrogen (secondary N) is 2. The van der Waals surface area contributed by atoms with Gasteiger partial charge in [-0.15, -0.1) is 0 Å². The second kappa shape index (κ2) is 7.01. The molecule has 0 aromatic heterocycles. The predicted octanol–water partition coefficient (Wildman–Crippen LogP) is 1.85. The Balaban J connectivity index is 1.66. The van der Waals surface area contributed by atoms with E-state index in [2.05, 4.69) is 10.6 Å². The lowest BCUT2D eigenvalue weighted by atomic mass is 10.1. The van der Waals surface area contributed by atoms with Crippen LogP contribution >= 0.6 is 0 Å². The highest BCUT2D eigenvalue weighted by atomic mass is 19.1. The topological polar surface area (TPSA) is 64.9 Å². The van der Waals surface area contributed by atoms with E-state index >= 15 is 0 Å². The van der Waals surface area contributed by atoms with Crippen LogP contribution in [0.4, 0.5) is 4.39 Å². The molecule has 5 heteroatoms. The Hall–Kier alpha value is -1.93. The van der Waals surface area contributed by atoms with E-state index < -0.39 is 0 Å². The molecule has 4 nitrogen and oxygen atoms in total. The zero-order valence-electron chi connectivity index (χ0n) is 11.3. The number of halogens is 1. The van der Waals surface area contributed by atoms with Crippen LogP contribution in [0.3, 0.4) is 0 Å². The first-order valence-electron chi connectivity index (χ1n) is 6.87. The van der Waals surface area contributed by atoms with Crippen molar-refractivity contribution in [3.8, 4) is 6.07 Å². The van der Waals surface area contributed by atoms with Crippen LogP contribution < -0.4 is 10.6 Å². The van der Waals surface area contributed by atoms with Gasteiger partial charge in [0.25, 0.3) is 0 Å².